The topological polar surface area (TPSA) is 38.7 Å². The van der Waals surface area contributed by atoms with Gasteiger partial charge in [0.15, 0.2) is 0 Å². The van der Waals surface area contributed by atoms with Crippen LogP contribution in [0.15, 0.2) is 18.6 Å². The largest absolute Gasteiger partial charge is 0.253 e. The molecule has 2 rings (SSSR count). The summed E-state index contributed by atoms with van der Waals surface area (Å²) < 4.78 is 0. The molecule has 3 heteroatoms. The van der Waals surface area contributed by atoms with Gasteiger partial charge in [-0.2, -0.15) is 0 Å². The van der Waals surface area contributed by atoms with Gasteiger partial charge in [0.05, 0.1) is 11.2 Å². The Labute approximate surface area is 109 Å². The van der Waals surface area contributed by atoms with E-state index in [-0.39, 0.29) is 10.8 Å². The van der Waals surface area contributed by atoms with Gasteiger partial charge in [0.1, 0.15) is 11.8 Å². The molecule has 0 N–H and O–H groups in total. The summed E-state index contributed by atoms with van der Waals surface area (Å²) in [6.45, 7) is 13.0. The van der Waals surface area contributed by atoms with Crippen LogP contribution in [0.1, 0.15) is 52.8 Å². The molecule has 0 aliphatic heterocycles. The van der Waals surface area contributed by atoms with Crippen LogP contribution in [-0.2, 0) is 10.8 Å². The zero-order chi connectivity index (χ0) is 13.6. The Hall–Kier alpha value is -1.51. The summed E-state index contributed by atoms with van der Waals surface area (Å²) in [4.78, 5) is 13.4. The van der Waals surface area contributed by atoms with Gasteiger partial charge in [-0.25, -0.2) is 9.97 Å². The maximum atomic E-state index is 4.50. The first-order chi connectivity index (χ1) is 8.21. The summed E-state index contributed by atoms with van der Waals surface area (Å²) in [5.41, 5.74) is 4.18. The molecule has 0 amide bonds. The van der Waals surface area contributed by atoms with Crippen LogP contribution in [0.4, 0.5) is 0 Å². The summed E-state index contributed by atoms with van der Waals surface area (Å²) in [5, 5.41) is 0. The third-order valence-electron chi connectivity index (χ3n) is 3.04. The molecule has 3 nitrogen and oxygen atoms in total. The second-order valence-electron chi connectivity index (χ2n) is 6.78. The minimum Gasteiger partial charge on any atom is -0.253 e. The fourth-order valence-electron chi connectivity index (χ4n) is 2.12. The first-order valence-electron chi connectivity index (χ1n) is 6.32. The van der Waals surface area contributed by atoms with Gasteiger partial charge in [-0.1, -0.05) is 41.5 Å². The maximum Gasteiger partial charge on any atom is 0.116 e. The average molecular weight is 243 g/mol. The number of aromatic nitrogens is 3. The molecule has 0 aliphatic carbocycles. The first kappa shape index (κ1) is 12.9. The molecular formula is C15H21N3. The van der Waals surface area contributed by atoms with Crippen molar-refractivity contribution in [2.24, 2.45) is 0 Å². The minimum atomic E-state index is -0.0231. The van der Waals surface area contributed by atoms with Gasteiger partial charge in [-0.15, -0.1) is 0 Å². The highest BCUT2D eigenvalue weighted by Crippen LogP contribution is 2.31. The van der Waals surface area contributed by atoms with Crippen LogP contribution >= 0.6 is 0 Å². The van der Waals surface area contributed by atoms with E-state index in [9.17, 15) is 0 Å². The van der Waals surface area contributed by atoms with E-state index >= 15 is 0 Å². The van der Waals surface area contributed by atoms with Crippen molar-refractivity contribution in [3.05, 3.63) is 29.8 Å². The van der Waals surface area contributed by atoms with Crippen molar-refractivity contribution in [2.75, 3.05) is 0 Å². The lowest BCUT2D eigenvalue weighted by Gasteiger charge is -2.23. The molecule has 0 saturated carbocycles. The lowest BCUT2D eigenvalue weighted by Crippen LogP contribution is -2.17. The molecule has 0 atom stereocenters. The lowest BCUT2D eigenvalue weighted by atomic mass is 9.85. The van der Waals surface area contributed by atoms with Crippen LogP contribution in [0.3, 0.4) is 0 Å². The third-order valence-corrected chi connectivity index (χ3v) is 3.04. The highest BCUT2D eigenvalue weighted by Gasteiger charge is 2.24. The highest BCUT2D eigenvalue weighted by molar-refractivity contribution is 5.81. The average Bonchev–Trinajstić information content (AvgIpc) is 2.24. The number of rotatable bonds is 0. The standard InChI is InChI=1S/C15H21N3/c1-14(2,3)10-7-8-16-12-11(10)17-9-18-13(12)15(4,5)6/h7-9H,1-6H3. The SMILES string of the molecule is CC(C)(C)c1ccnc2c(C(C)(C)C)ncnc12. The first-order valence-corrected chi connectivity index (χ1v) is 6.32. The number of nitrogens with zero attached hydrogens (tertiary/aromatic N) is 3. The van der Waals surface area contributed by atoms with Crippen molar-refractivity contribution in [1.29, 1.82) is 0 Å². The van der Waals surface area contributed by atoms with Gasteiger partial charge >= 0.3 is 0 Å². The van der Waals surface area contributed by atoms with Gasteiger partial charge in [-0.3, -0.25) is 4.98 Å². The normalized spacial score (nSPS) is 13.0. The Morgan fingerprint density at radius 3 is 2.00 bits per heavy atom. The predicted molar refractivity (Wildman–Crippen MR) is 74.7 cm³/mol. The van der Waals surface area contributed by atoms with Crippen LogP contribution in [0, 0.1) is 0 Å². The molecule has 96 valence electrons. The molecular weight excluding hydrogens is 222 g/mol. The molecule has 0 saturated heterocycles. The third kappa shape index (κ3) is 2.22. The molecule has 0 unspecified atom stereocenters. The zero-order valence-electron chi connectivity index (χ0n) is 12.1. The molecule has 0 bridgehead atoms. The fraction of sp³-hybridized carbons (Fsp3) is 0.533. The minimum absolute atomic E-state index is 0.0231. The molecule has 2 aromatic rings. The summed E-state index contributed by atoms with van der Waals surface area (Å²) in [7, 11) is 0. The molecule has 0 radical (unpaired) electrons. The van der Waals surface area contributed by atoms with Crippen LogP contribution in [0.2, 0.25) is 0 Å². The Balaban J connectivity index is 2.82. The Kier molecular flexibility index (Phi) is 2.88. The van der Waals surface area contributed by atoms with Crippen LogP contribution < -0.4 is 0 Å². The van der Waals surface area contributed by atoms with Crippen molar-refractivity contribution < 1.29 is 0 Å². The molecule has 0 spiro atoms. The van der Waals surface area contributed by atoms with E-state index in [4.69, 9.17) is 0 Å². The van der Waals surface area contributed by atoms with Crippen molar-refractivity contribution in [3.63, 3.8) is 0 Å². The molecule has 18 heavy (non-hydrogen) atoms. The van der Waals surface area contributed by atoms with Crippen LogP contribution in [0.25, 0.3) is 11.0 Å². The Morgan fingerprint density at radius 2 is 1.44 bits per heavy atom. The van der Waals surface area contributed by atoms with Crippen molar-refractivity contribution in [3.8, 4) is 0 Å². The molecule has 0 aromatic carbocycles. The zero-order valence-corrected chi connectivity index (χ0v) is 12.1. The summed E-state index contributed by atoms with van der Waals surface area (Å²) in [5.74, 6) is 0. The van der Waals surface area contributed by atoms with E-state index in [1.54, 1.807) is 6.33 Å². The van der Waals surface area contributed by atoms with Crippen molar-refractivity contribution in [1.82, 2.24) is 15.0 Å². The number of pyridine rings is 1. The second kappa shape index (κ2) is 4.01. The molecule has 0 aliphatic rings. The smallest absolute Gasteiger partial charge is 0.116 e. The van der Waals surface area contributed by atoms with E-state index in [1.165, 1.54) is 5.56 Å². The van der Waals surface area contributed by atoms with Gasteiger partial charge in [-0.05, 0) is 17.0 Å². The molecule has 0 fully saturated rings. The van der Waals surface area contributed by atoms with E-state index in [1.807, 2.05) is 6.20 Å². The summed E-state index contributed by atoms with van der Waals surface area (Å²) in [6.07, 6.45) is 3.52. The Bertz CT molecular complexity index is 521. The lowest BCUT2D eigenvalue weighted by molar-refractivity contribution is 0.570. The fourth-order valence-corrected chi connectivity index (χ4v) is 2.12. The highest BCUT2D eigenvalue weighted by atomic mass is 14.9. The Morgan fingerprint density at radius 1 is 0.778 bits per heavy atom. The second-order valence-corrected chi connectivity index (χ2v) is 6.78. The van der Waals surface area contributed by atoms with E-state index in [2.05, 4.69) is 62.6 Å². The number of hydrogen-bond acceptors (Lipinski definition) is 3. The van der Waals surface area contributed by atoms with Crippen LogP contribution in [-0.4, -0.2) is 15.0 Å². The summed E-state index contributed by atoms with van der Waals surface area (Å²) in [6, 6.07) is 2.06. The predicted octanol–water partition coefficient (Wildman–Crippen LogP) is 3.62. The van der Waals surface area contributed by atoms with E-state index in [0.717, 1.165) is 16.7 Å². The van der Waals surface area contributed by atoms with Crippen LogP contribution in [0.5, 0.6) is 0 Å². The number of fused-ring (bicyclic) bond motifs is 1. The van der Waals surface area contributed by atoms with Gasteiger partial charge in [0.25, 0.3) is 0 Å². The maximum absolute atomic E-state index is 4.50. The van der Waals surface area contributed by atoms with E-state index in [0.29, 0.717) is 0 Å². The van der Waals surface area contributed by atoms with Crippen molar-refractivity contribution in [2.45, 2.75) is 52.4 Å². The van der Waals surface area contributed by atoms with E-state index < -0.39 is 0 Å². The molecule has 2 aromatic heterocycles. The van der Waals surface area contributed by atoms with Crippen molar-refractivity contribution >= 4 is 11.0 Å². The number of hydrogen-bond donors (Lipinski definition) is 0. The van der Waals surface area contributed by atoms with Gasteiger partial charge < -0.3 is 0 Å². The van der Waals surface area contributed by atoms with Gasteiger partial charge in [0.2, 0.25) is 0 Å². The molecule has 2 heterocycles. The quantitative estimate of drug-likeness (QED) is 0.709. The van der Waals surface area contributed by atoms with Gasteiger partial charge in [0, 0.05) is 11.6 Å². The summed E-state index contributed by atoms with van der Waals surface area (Å²) >= 11 is 0. The monoisotopic (exact) mass is 243 g/mol.